The minimum atomic E-state index is -0.882. The van der Waals surface area contributed by atoms with E-state index in [1.165, 1.54) is 18.2 Å². The fraction of sp³-hybridized carbons (Fsp3) is 0.370. The Morgan fingerprint density at radius 3 is 2.45 bits per heavy atom. The van der Waals surface area contributed by atoms with Gasteiger partial charge in [0, 0.05) is 17.0 Å². The molecule has 0 bridgehead atoms. The molecule has 1 aliphatic rings. The monoisotopic (exact) mass is 521 g/mol. The van der Waals surface area contributed by atoms with E-state index in [4.69, 9.17) is 13.8 Å². The lowest BCUT2D eigenvalue weighted by Gasteiger charge is -2.23. The number of benzene rings is 2. The molecule has 11 heteroatoms. The number of carbonyl (C=O) groups excluding carboxylic acids is 1. The summed E-state index contributed by atoms with van der Waals surface area (Å²) in [5, 5.41) is 19.9. The van der Waals surface area contributed by atoms with Gasteiger partial charge in [0.2, 0.25) is 17.5 Å². The molecule has 10 nitrogen and oxygen atoms in total. The molecule has 1 atom stereocenters. The molecule has 4 aromatic rings. The van der Waals surface area contributed by atoms with E-state index < -0.39 is 23.4 Å². The molecule has 1 fully saturated rings. The van der Waals surface area contributed by atoms with Crippen molar-refractivity contribution in [2.24, 2.45) is 0 Å². The summed E-state index contributed by atoms with van der Waals surface area (Å²) >= 11 is 0. The lowest BCUT2D eigenvalue weighted by molar-refractivity contribution is 0.0865. The number of aromatic nitrogens is 4. The Hall–Kier alpha value is -4.12. The van der Waals surface area contributed by atoms with Gasteiger partial charge in [0.05, 0.1) is 17.7 Å². The van der Waals surface area contributed by atoms with E-state index in [2.05, 4.69) is 25.6 Å². The van der Waals surface area contributed by atoms with E-state index in [-0.39, 0.29) is 23.9 Å². The van der Waals surface area contributed by atoms with Crippen LogP contribution in [0.5, 0.6) is 5.75 Å². The van der Waals surface area contributed by atoms with Crippen LogP contribution < -0.4 is 10.1 Å². The summed E-state index contributed by atoms with van der Waals surface area (Å²) in [6, 6.07) is 11.4. The number of hydrogen-bond donors (Lipinski definition) is 2. The second kappa shape index (κ2) is 10.3. The zero-order valence-corrected chi connectivity index (χ0v) is 21.3. The fourth-order valence-electron chi connectivity index (χ4n) is 3.74. The Balaban J connectivity index is 1.26. The van der Waals surface area contributed by atoms with Crippen LogP contribution in [-0.2, 0) is 0 Å². The predicted molar refractivity (Wildman–Crippen MR) is 134 cm³/mol. The molecular formula is C27H28FN5O5. The first-order valence-electron chi connectivity index (χ1n) is 12.4. The first kappa shape index (κ1) is 25.5. The van der Waals surface area contributed by atoms with E-state index in [0.29, 0.717) is 35.4 Å². The zero-order chi connectivity index (χ0) is 26.9. The van der Waals surface area contributed by atoms with Crippen LogP contribution in [-0.4, -0.2) is 43.4 Å². The van der Waals surface area contributed by atoms with Crippen LogP contribution >= 0.6 is 0 Å². The van der Waals surface area contributed by atoms with E-state index in [1.54, 1.807) is 26.0 Å². The van der Waals surface area contributed by atoms with Gasteiger partial charge in [-0.2, -0.15) is 9.97 Å². The molecule has 1 unspecified atom stereocenters. The molecule has 2 heterocycles. The minimum absolute atomic E-state index is 0.151. The molecule has 5 rings (SSSR count). The van der Waals surface area contributed by atoms with Crippen LogP contribution in [0.25, 0.3) is 22.8 Å². The van der Waals surface area contributed by atoms with E-state index in [9.17, 15) is 14.3 Å². The van der Waals surface area contributed by atoms with E-state index >= 15 is 0 Å². The molecule has 0 spiro atoms. The minimum Gasteiger partial charge on any atom is -0.481 e. The van der Waals surface area contributed by atoms with Crippen LogP contribution in [0.2, 0.25) is 0 Å². The van der Waals surface area contributed by atoms with Gasteiger partial charge in [-0.1, -0.05) is 23.3 Å². The van der Waals surface area contributed by atoms with Crippen molar-refractivity contribution in [1.29, 1.82) is 0 Å². The van der Waals surface area contributed by atoms with Gasteiger partial charge < -0.3 is 24.2 Å². The topological polar surface area (TPSA) is 136 Å². The SMILES string of the molecule is CCC(Oc1ccc(-c2noc(C3CC3)n2)cc1)c1nc(-c2ccc(C(=O)NC(C)(C)CO)c(F)c2)no1. The Morgan fingerprint density at radius 2 is 1.79 bits per heavy atom. The van der Waals surface area contributed by atoms with Crippen LogP contribution in [0.4, 0.5) is 4.39 Å². The lowest BCUT2D eigenvalue weighted by atomic mass is 10.0. The molecular weight excluding hydrogens is 493 g/mol. The smallest absolute Gasteiger partial charge is 0.268 e. The number of aliphatic hydroxyl groups excluding tert-OH is 1. The summed E-state index contributed by atoms with van der Waals surface area (Å²) in [6.45, 7) is 4.91. The molecule has 0 aliphatic heterocycles. The summed E-state index contributed by atoms with van der Waals surface area (Å²) in [6.07, 6.45) is 2.20. The number of carbonyl (C=O) groups is 1. The van der Waals surface area contributed by atoms with E-state index in [0.717, 1.165) is 18.4 Å². The number of hydrogen-bond acceptors (Lipinski definition) is 9. The highest BCUT2D eigenvalue weighted by molar-refractivity contribution is 5.95. The second-order valence-corrected chi connectivity index (χ2v) is 9.92. The molecule has 0 saturated heterocycles. The highest BCUT2D eigenvalue weighted by Gasteiger charge is 2.30. The number of nitrogens with one attached hydrogen (secondary N) is 1. The number of halogens is 1. The lowest BCUT2D eigenvalue weighted by Crippen LogP contribution is -2.46. The summed E-state index contributed by atoms with van der Waals surface area (Å²) in [5.41, 5.74) is 0.134. The molecule has 1 saturated carbocycles. The standard InChI is InChI=1S/C27H28FN5O5/c1-4-21(36-18-10-7-15(8-11-18)22-29-25(37-32-22)16-5-6-16)26-30-23(33-38-26)17-9-12-19(20(28)13-17)24(35)31-27(2,3)14-34/h7-13,16,21,34H,4-6,14H2,1-3H3,(H,31,35). The van der Waals surface area contributed by atoms with Gasteiger partial charge in [0.25, 0.3) is 11.8 Å². The maximum absolute atomic E-state index is 14.7. The van der Waals surface area contributed by atoms with Gasteiger partial charge in [0.15, 0.2) is 6.10 Å². The average Bonchev–Trinajstić information content (AvgIpc) is 3.43. The van der Waals surface area contributed by atoms with E-state index in [1.807, 2.05) is 19.1 Å². The van der Waals surface area contributed by atoms with Gasteiger partial charge in [-0.15, -0.1) is 0 Å². The zero-order valence-electron chi connectivity index (χ0n) is 21.3. The average molecular weight is 522 g/mol. The van der Waals surface area contributed by atoms with Gasteiger partial charge >= 0.3 is 0 Å². The third-order valence-electron chi connectivity index (χ3n) is 6.17. The van der Waals surface area contributed by atoms with Crippen molar-refractivity contribution in [2.45, 2.75) is 57.6 Å². The third kappa shape index (κ3) is 5.57. The molecule has 2 aromatic heterocycles. The van der Waals surface area contributed by atoms with Crippen LogP contribution in [0.15, 0.2) is 51.5 Å². The van der Waals surface area contributed by atoms with Gasteiger partial charge in [-0.25, -0.2) is 4.39 Å². The van der Waals surface area contributed by atoms with Crippen molar-refractivity contribution in [3.8, 4) is 28.5 Å². The van der Waals surface area contributed by atoms with Crippen LogP contribution in [0.1, 0.15) is 74.2 Å². The van der Waals surface area contributed by atoms with Gasteiger partial charge in [-0.05, 0) is 69.5 Å². The first-order chi connectivity index (χ1) is 18.3. The number of amides is 1. The maximum Gasteiger partial charge on any atom is 0.268 e. The Bertz CT molecular complexity index is 1430. The molecule has 198 valence electrons. The van der Waals surface area contributed by atoms with Crippen molar-refractivity contribution >= 4 is 5.91 Å². The molecule has 1 aliphatic carbocycles. The van der Waals surface area contributed by atoms with Crippen molar-refractivity contribution in [1.82, 2.24) is 25.6 Å². The van der Waals surface area contributed by atoms with Gasteiger partial charge in [-0.3, -0.25) is 4.79 Å². The Kier molecular flexibility index (Phi) is 6.94. The molecule has 1 amide bonds. The van der Waals surface area contributed by atoms with Crippen LogP contribution in [0.3, 0.4) is 0 Å². The molecule has 2 aromatic carbocycles. The quantitative estimate of drug-likeness (QED) is 0.300. The van der Waals surface area contributed by atoms with Crippen molar-refractivity contribution < 1.29 is 28.1 Å². The number of nitrogens with zero attached hydrogens (tertiary/aromatic N) is 4. The summed E-state index contributed by atoms with van der Waals surface area (Å²) in [7, 11) is 0. The molecule has 2 N–H and O–H groups in total. The van der Waals surface area contributed by atoms with Crippen molar-refractivity contribution in [3.63, 3.8) is 0 Å². The van der Waals surface area contributed by atoms with Crippen molar-refractivity contribution in [2.75, 3.05) is 6.61 Å². The summed E-state index contributed by atoms with van der Waals surface area (Å²) in [4.78, 5) is 21.2. The number of aliphatic hydroxyl groups is 1. The summed E-state index contributed by atoms with van der Waals surface area (Å²) < 4.78 is 31.5. The fourth-order valence-corrected chi connectivity index (χ4v) is 3.74. The second-order valence-electron chi connectivity index (χ2n) is 9.92. The normalized spacial score (nSPS) is 14.3. The van der Waals surface area contributed by atoms with Crippen LogP contribution in [0, 0.1) is 5.82 Å². The largest absolute Gasteiger partial charge is 0.481 e. The van der Waals surface area contributed by atoms with Crippen molar-refractivity contribution in [3.05, 3.63) is 65.6 Å². The number of rotatable bonds is 10. The number of ether oxygens (including phenoxy) is 1. The highest BCUT2D eigenvalue weighted by atomic mass is 19.1. The third-order valence-corrected chi connectivity index (χ3v) is 6.17. The van der Waals surface area contributed by atoms with Gasteiger partial charge in [0.1, 0.15) is 11.6 Å². The maximum atomic E-state index is 14.7. The Labute approximate surface area is 218 Å². The molecule has 38 heavy (non-hydrogen) atoms. The molecule has 0 radical (unpaired) electrons. The summed E-state index contributed by atoms with van der Waals surface area (Å²) in [5.74, 6) is 1.25. The predicted octanol–water partition coefficient (Wildman–Crippen LogP) is 4.83. The highest BCUT2D eigenvalue weighted by Crippen LogP contribution is 2.39. The first-order valence-corrected chi connectivity index (χ1v) is 12.4. The Morgan fingerprint density at radius 1 is 1.11 bits per heavy atom.